The van der Waals surface area contributed by atoms with Crippen LogP contribution in [0.5, 0.6) is 5.88 Å². The van der Waals surface area contributed by atoms with Crippen LogP contribution in [0.3, 0.4) is 0 Å². The average molecular weight is 540 g/mol. The van der Waals surface area contributed by atoms with Gasteiger partial charge >= 0.3 is 6.18 Å². The van der Waals surface area contributed by atoms with Crippen LogP contribution in [-0.2, 0) is 19.8 Å². The van der Waals surface area contributed by atoms with Crippen LogP contribution in [-0.4, -0.2) is 36.6 Å². The van der Waals surface area contributed by atoms with Gasteiger partial charge in [-0.25, -0.2) is 29.3 Å². The van der Waals surface area contributed by atoms with Gasteiger partial charge in [-0.05, 0) is 43.0 Å². The number of benzene rings is 1. The molecule has 0 amide bonds. The summed E-state index contributed by atoms with van der Waals surface area (Å²) in [5.74, 6) is 0.726. The number of allylic oxidation sites excluding steroid dienone is 1. The molecule has 0 bridgehead atoms. The Hall–Kier alpha value is -4.35. The van der Waals surface area contributed by atoms with Crippen LogP contribution in [0.1, 0.15) is 48.2 Å². The Morgan fingerprint density at radius 1 is 1.18 bits per heavy atom. The van der Waals surface area contributed by atoms with Crippen LogP contribution >= 0.6 is 0 Å². The molecule has 202 valence electrons. The quantitative estimate of drug-likeness (QED) is 0.274. The van der Waals surface area contributed by atoms with Crippen molar-refractivity contribution in [1.82, 2.24) is 29.5 Å². The molecule has 3 heterocycles. The highest BCUT2D eigenvalue weighted by atomic mass is 19.4. The Balaban J connectivity index is 1.44. The molecular formula is C27H25F4N7O. The van der Waals surface area contributed by atoms with E-state index in [1.165, 1.54) is 32.6 Å². The summed E-state index contributed by atoms with van der Waals surface area (Å²) in [5, 5.41) is 3.21. The molecule has 1 aromatic carbocycles. The van der Waals surface area contributed by atoms with Gasteiger partial charge in [0.25, 0.3) is 0 Å². The van der Waals surface area contributed by atoms with Gasteiger partial charge in [-0.1, -0.05) is 12.6 Å². The van der Waals surface area contributed by atoms with E-state index in [1.807, 2.05) is 6.92 Å². The van der Waals surface area contributed by atoms with Crippen LogP contribution < -0.4 is 10.1 Å². The van der Waals surface area contributed by atoms with Gasteiger partial charge in [0.15, 0.2) is 11.5 Å². The second kappa shape index (κ2) is 10.1. The number of nitrogens with zero attached hydrogens (tertiary/aromatic N) is 6. The molecule has 0 radical (unpaired) electrons. The van der Waals surface area contributed by atoms with E-state index in [0.29, 0.717) is 40.1 Å². The molecular weight excluding hydrogens is 514 g/mol. The lowest BCUT2D eigenvalue weighted by Crippen LogP contribution is -2.08. The van der Waals surface area contributed by atoms with Crippen molar-refractivity contribution < 1.29 is 22.3 Å². The Kier molecular flexibility index (Phi) is 6.79. The predicted molar refractivity (Wildman–Crippen MR) is 137 cm³/mol. The SMILES string of the molecule is C=C(C)c1cnc(-c2c(OC)ncnc2C2CC2)nc1NCc1ccc(-c2nc(C(F)(F)F)cn2C)c(F)c1. The standard InChI is InChI=1S/C27H25F4N7O/c1-14(2)18-11-33-24(21-22(16-6-7-16)34-13-35-26(21)39-4)37-23(18)32-10-15-5-8-17(19(28)9-15)25-36-20(12-38(25)3)27(29,30)31/h5,8-9,11-13,16H,1,6-7,10H2,2-4H3,(H,32,33,37). The minimum atomic E-state index is -4.62. The average Bonchev–Trinajstić information content (AvgIpc) is 3.67. The molecule has 5 rings (SSSR count). The Morgan fingerprint density at radius 3 is 2.56 bits per heavy atom. The monoisotopic (exact) mass is 539 g/mol. The van der Waals surface area contributed by atoms with E-state index in [1.54, 1.807) is 12.3 Å². The third-order valence-corrected chi connectivity index (χ3v) is 6.37. The fourth-order valence-electron chi connectivity index (χ4n) is 4.25. The molecule has 3 aromatic heterocycles. The Bertz CT molecular complexity index is 1560. The first-order valence-electron chi connectivity index (χ1n) is 12.1. The van der Waals surface area contributed by atoms with Crippen molar-refractivity contribution in [3.8, 4) is 28.7 Å². The molecule has 0 aliphatic heterocycles. The summed E-state index contributed by atoms with van der Waals surface area (Å²) in [5.41, 5.74) is 2.29. The number of rotatable bonds is 8. The molecule has 1 aliphatic rings. The van der Waals surface area contributed by atoms with Gasteiger partial charge in [-0.2, -0.15) is 13.2 Å². The summed E-state index contributed by atoms with van der Waals surface area (Å²) in [6, 6.07) is 4.29. The fourth-order valence-corrected chi connectivity index (χ4v) is 4.25. The number of hydrogen-bond donors (Lipinski definition) is 1. The van der Waals surface area contributed by atoms with Crippen molar-refractivity contribution in [1.29, 1.82) is 0 Å². The zero-order chi connectivity index (χ0) is 27.9. The normalized spacial score (nSPS) is 13.4. The first-order chi connectivity index (χ1) is 18.6. The smallest absolute Gasteiger partial charge is 0.434 e. The largest absolute Gasteiger partial charge is 0.480 e. The minimum absolute atomic E-state index is 0.0347. The third-order valence-electron chi connectivity index (χ3n) is 6.37. The molecule has 1 fully saturated rings. The van der Waals surface area contributed by atoms with Gasteiger partial charge in [0.2, 0.25) is 5.88 Å². The summed E-state index contributed by atoms with van der Waals surface area (Å²) in [4.78, 5) is 21.5. The van der Waals surface area contributed by atoms with E-state index in [2.05, 4.69) is 31.8 Å². The van der Waals surface area contributed by atoms with Gasteiger partial charge in [0.1, 0.15) is 29.4 Å². The van der Waals surface area contributed by atoms with Crippen LogP contribution in [0.25, 0.3) is 28.3 Å². The lowest BCUT2D eigenvalue weighted by atomic mass is 10.1. The topological polar surface area (TPSA) is 90.6 Å². The third kappa shape index (κ3) is 5.31. The summed E-state index contributed by atoms with van der Waals surface area (Å²) in [7, 11) is 2.91. The first-order valence-corrected chi connectivity index (χ1v) is 12.1. The lowest BCUT2D eigenvalue weighted by molar-refractivity contribution is -0.140. The lowest BCUT2D eigenvalue weighted by Gasteiger charge is -2.15. The van der Waals surface area contributed by atoms with E-state index in [9.17, 15) is 13.2 Å². The molecule has 4 aromatic rings. The fraction of sp³-hybridized carbons (Fsp3) is 0.296. The summed E-state index contributed by atoms with van der Waals surface area (Å²) in [6.07, 6.45) is 1.35. The van der Waals surface area contributed by atoms with E-state index in [-0.39, 0.29) is 17.9 Å². The van der Waals surface area contributed by atoms with Gasteiger partial charge in [-0.15, -0.1) is 0 Å². The number of alkyl halides is 3. The highest BCUT2D eigenvalue weighted by Crippen LogP contribution is 2.45. The zero-order valence-corrected chi connectivity index (χ0v) is 21.5. The Labute approximate surface area is 221 Å². The number of halogens is 4. The predicted octanol–water partition coefficient (Wildman–Crippen LogP) is 6.02. The van der Waals surface area contributed by atoms with Crippen molar-refractivity contribution in [2.24, 2.45) is 7.05 Å². The summed E-state index contributed by atoms with van der Waals surface area (Å²) >= 11 is 0. The van der Waals surface area contributed by atoms with E-state index in [0.717, 1.165) is 34.9 Å². The number of aryl methyl sites for hydroxylation is 1. The molecule has 0 atom stereocenters. The number of nitrogens with one attached hydrogen (secondary N) is 1. The number of hydrogen-bond acceptors (Lipinski definition) is 7. The van der Waals surface area contributed by atoms with Crippen molar-refractivity contribution in [2.45, 2.75) is 38.4 Å². The van der Waals surface area contributed by atoms with Gasteiger partial charge < -0.3 is 14.6 Å². The van der Waals surface area contributed by atoms with Gasteiger partial charge in [-0.3, -0.25) is 0 Å². The molecule has 0 spiro atoms. The summed E-state index contributed by atoms with van der Waals surface area (Å²) < 4.78 is 60.8. The van der Waals surface area contributed by atoms with Crippen LogP contribution in [0.2, 0.25) is 0 Å². The molecule has 12 heteroatoms. The molecule has 1 N–H and O–H groups in total. The first kappa shape index (κ1) is 26.3. The number of anilines is 1. The highest BCUT2D eigenvalue weighted by Gasteiger charge is 2.35. The maximum atomic E-state index is 15.0. The number of aromatic nitrogens is 6. The number of ether oxygens (including phenoxy) is 1. The molecule has 0 saturated heterocycles. The highest BCUT2D eigenvalue weighted by molar-refractivity contribution is 5.74. The van der Waals surface area contributed by atoms with Gasteiger partial charge in [0.05, 0.1) is 18.4 Å². The second-order valence-electron chi connectivity index (χ2n) is 9.38. The molecule has 1 saturated carbocycles. The van der Waals surface area contributed by atoms with E-state index in [4.69, 9.17) is 9.72 Å². The van der Waals surface area contributed by atoms with Crippen LogP contribution in [0, 0.1) is 5.82 Å². The van der Waals surface area contributed by atoms with E-state index >= 15 is 4.39 Å². The summed E-state index contributed by atoms with van der Waals surface area (Å²) in [6.45, 7) is 6.00. The molecule has 8 nitrogen and oxygen atoms in total. The minimum Gasteiger partial charge on any atom is -0.480 e. The number of methoxy groups -OCH3 is 1. The molecule has 39 heavy (non-hydrogen) atoms. The Morgan fingerprint density at radius 2 is 1.95 bits per heavy atom. The van der Waals surface area contributed by atoms with Crippen LogP contribution in [0.15, 0.2) is 43.5 Å². The molecule has 1 aliphatic carbocycles. The van der Waals surface area contributed by atoms with Crippen molar-refractivity contribution >= 4 is 11.4 Å². The van der Waals surface area contributed by atoms with Crippen molar-refractivity contribution in [3.05, 3.63) is 71.8 Å². The molecule has 0 unspecified atom stereocenters. The van der Waals surface area contributed by atoms with Crippen LogP contribution in [0.4, 0.5) is 23.4 Å². The second-order valence-corrected chi connectivity index (χ2v) is 9.38. The van der Waals surface area contributed by atoms with Crippen molar-refractivity contribution in [2.75, 3.05) is 12.4 Å². The van der Waals surface area contributed by atoms with E-state index < -0.39 is 17.7 Å². The maximum Gasteiger partial charge on any atom is 0.434 e. The maximum absolute atomic E-state index is 15.0. The zero-order valence-electron chi connectivity index (χ0n) is 21.5. The number of imidazole rings is 1. The van der Waals surface area contributed by atoms with Gasteiger partial charge in [0, 0.05) is 37.5 Å². The van der Waals surface area contributed by atoms with Crippen molar-refractivity contribution in [3.63, 3.8) is 0 Å².